The molecule has 0 bridgehead atoms. The minimum Gasteiger partial charge on any atom is -0.505 e. The number of aryl methyl sites for hydroxylation is 2. The average molecular weight is 493 g/mol. The molecule has 7 heteroatoms. The normalized spacial score (nSPS) is 11.3. The Bertz CT molecular complexity index is 1590. The van der Waals surface area contributed by atoms with Crippen molar-refractivity contribution in [2.75, 3.05) is 5.32 Å². The average Bonchev–Trinajstić information content (AvgIpc) is 3.29. The smallest absolute Gasteiger partial charge is 0.256 e. The van der Waals surface area contributed by atoms with Gasteiger partial charge in [0.05, 0.1) is 28.2 Å². The molecule has 5 rings (SSSR count). The van der Waals surface area contributed by atoms with Crippen molar-refractivity contribution in [1.29, 1.82) is 0 Å². The van der Waals surface area contributed by atoms with Gasteiger partial charge in [0, 0.05) is 21.4 Å². The van der Waals surface area contributed by atoms with E-state index in [-0.39, 0.29) is 11.7 Å². The zero-order valence-corrected chi connectivity index (χ0v) is 20.6. The van der Waals surface area contributed by atoms with Crippen molar-refractivity contribution >= 4 is 46.4 Å². The van der Waals surface area contributed by atoms with E-state index in [2.05, 4.69) is 20.5 Å². The Labute approximate surface area is 213 Å². The number of pyridine rings is 1. The molecule has 0 unspecified atom stereocenters. The SMILES string of the molecule is Cc1cc(C)c(O)c(NC(=O)c2ccccc2Sc2ccc3c(/C=C/c4ccccn4)n[nH]c3c2)c1. The first kappa shape index (κ1) is 23.4. The molecule has 3 N–H and O–H groups in total. The number of aromatic hydroxyl groups is 1. The van der Waals surface area contributed by atoms with Gasteiger partial charge in [-0.2, -0.15) is 5.10 Å². The van der Waals surface area contributed by atoms with Crippen LogP contribution in [0.5, 0.6) is 5.75 Å². The molecule has 3 aromatic carbocycles. The van der Waals surface area contributed by atoms with Crippen molar-refractivity contribution in [3.05, 3.63) is 107 Å². The van der Waals surface area contributed by atoms with Crippen LogP contribution in [0.4, 0.5) is 5.69 Å². The topological polar surface area (TPSA) is 90.9 Å². The van der Waals surface area contributed by atoms with Gasteiger partial charge >= 0.3 is 0 Å². The van der Waals surface area contributed by atoms with E-state index in [1.165, 1.54) is 11.8 Å². The van der Waals surface area contributed by atoms with Gasteiger partial charge in [-0.15, -0.1) is 0 Å². The summed E-state index contributed by atoms with van der Waals surface area (Å²) in [4.78, 5) is 19.2. The van der Waals surface area contributed by atoms with E-state index >= 15 is 0 Å². The number of fused-ring (bicyclic) bond motifs is 1. The van der Waals surface area contributed by atoms with Gasteiger partial charge in [-0.05, 0) is 85.7 Å². The van der Waals surface area contributed by atoms with Crippen molar-refractivity contribution < 1.29 is 9.90 Å². The lowest BCUT2D eigenvalue weighted by Crippen LogP contribution is -2.13. The minimum absolute atomic E-state index is 0.0803. The second-order valence-corrected chi connectivity index (χ2v) is 9.55. The molecular formula is C29H24N4O2S. The second-order valence-electron chi connectivity index (χ2n) is 8.43. The molecule has 0 spiro atoms. The van der Waals surface area contributed by atoms with Crippen LogP contribution >= 0.6 is 11.8 Å². The first-order valence-corrected chi connectivity index (χ1v) is 12.3. The molecule has 0 saturated carbocycles. The number of phenolic OH excluding ortho intramolecular Hbond substituents is 1. The van der Waals surface area contributed by atoms with E-state index in [0.717, 1.165) is 43.2 Å². The fraction of sp³-hybridized carbons (Fsp3) is 0.0690. The van der Waals surface area contributed by atoms with E-state index in [0.29, 0.717) is 11.3 Å². The maximum atomic E-state index is 13.1. The van der Waals surface area contributed by atoms with E-state index in [1.807, 2.05) is 86.7 Å². The van der Waals surface area contributed by atoms with Crippen LogP contribution < -0.4 is 5.32 Å². The zero-order valence-electron chi connectivity index (χ0n) is 19.8. The fourth-order valence-electron chi connectivity index (χ4n) is 3.96. The number of hydrogen-bond donors (Lipinski definition) is 3. The summed E-state index contributed by atoms with van der Waals surface area (Å²) >= 11 is 1.50. The Hall–Kier alpha value is -4.36. The predicted molar refractivity (Wildman–Crippen MR) is 145 cm³/mol. The molecule has 2 aromatic heterocycles. The fourth-order valence-corrected chi connectivity index (χ4v) is 4.95. The van der Waals surface area contributed by atoms with Crippen molar-refractivity contribution in [3.8, 4) is 5.75 Å². The second kappa shape index (κ2) is 10.1. The van der Waals surface area contributed by atoms with Crippen LogP contribution in [0.3, 0.4) is 0 Å². The monoisotopic (exact) mass is 492 g/mol. The van der Waals surface area contributed by atoms with Crippen LogP contribution in [0.1, 0.15) is 32.9 Å². The minimum atomic E-state index is -0.275. The van der Waals surface area contributed by atoms with Gasteiger partial charge in [0.2, 0.25) is 0 Å². The van der Waals surface area contributed by atoms with Crippen molar-refractivity contribution in [3.63, 3.8) is 0 Å². The summed E-state index contributed by atoms with van der Waals surface area (Å²) in [5.41, 5.74) is 5.22. The summed E-state index contributed by atoms with van der Waals surface area (Å²) < 4.78 is 0. The van der Waals surface area contributed by atoms with Gasteiger partial charge in [0.1, 0.15) is 5.75 Å². The molecule has 0 fully saturated rings. The van der Waals surface area contributed by atoms with E-state index in [9.17, 15) is 9.90 Å². The Morgan fingerprint density at radius 3 is 2.67 bits per heavy atom. The number of rotatable bonds is 6. The van der Waals surface area contributed by atoms with E-state index < -0.39 is 0 Å². The number of carbonyl (C=O) groups excluding carboxylic acids is 1. The zero-order chi connectivity index (χ0) is 25.1. The van der Waals surface area contributed by atoms with Gasteiger partial charge < -0.3 is 10.4 Å². The third kappa shape index (κ3) is 5.01. The molecule has 6 nitrogen and oxygen atoms in total. The number of aromatic amines is 1. The highest BCUT2D eigenvalue weighted by Crippen LogP contribution is 2.34. The molecule has 0 aliphatic heterocycles. The Kier molecular flexibility index (Phi) is 6.56. The summed E-state index contributed by atoms with van der Waals surface area (Å²) in [6.45, 7) is 3.74. The lowest BCUT2D eigenvalue weighted by Gasteiger charge is -2.13. The molecule has 0 aliphatic rings. The predicted octanol–water partition coefficient (Wildman–Crippen LogP) is 6.85. The summed E-state index contributed by atoms with van der Waals surface area (Å²) in [5.74, 6) is -0.195. The molecule has 5 aromatic rings. The number of aromatic nitrogens is 3. The van der Waals surface area contributed by atoms with Gasteiger partial charge in [0.15, 0.2) is 0 Å². The molecule has 1 amide bonds. The molecule has 178 valence electrons. The quantitative estimate of drug-likeness (QED) is 0.225. The maximum Gasteiger partial charge on any atom is 0.256 e. The Morgan fingerprint density at radius 1 is 1.00 bits per heavy atom. The van der Waals surface area contributed by atoms with Gasteiger partial charge in [-0.25, -0.2) is 0 Å². The van der Waals surface area contributed by atoms with Crippen LogP contribution in [-0.2, 0) is 0 Å². The highest BCUT2D eigenvalue weighted by atomic mass is 32.2. The lowest BCUT2D eigenvalue weighted by atomic mass is 10.1. The molecule has 2 heterocycles. The number of phenols is 1. The Balaban J connectivity index is 1.38. The van der Waals surface area contributed by atoms with Gasteiger partial charge in [0.25, 0.3) is 5.91 Å². The molecule has 36 heavy (non-hydrogen) atoms. The highest BCUT2D eigenvalue weighted by molar-refractivity contribution is 7.99. The number of anilines is 1. The summed E-state index contributed by atoms with van der Waals surface area (Å²) in [6, 6.07) is 22.9. The first-order valence-electron chi connectivity index (χ1n) is 11.4. The largest absolute Gasteiger partial charge is 0.505 e. The summed E-state index contributed by atoms with van der Waals surface area (Å²) in [7, 11) is 0. The van der Waals surface area contributed by atoms with Crippen LogP contribution in [0.15, 0.2) is 88.8 Å². The number of hydrogen-bond acceptors (Lipinski definition) is 5. The molecule has 0 atom stereocenters. The molecular weight excluding hydrogens is 468 g/mol. The van der Waals surface area contributed by atoms with Gasteiger partial charge in [-0.3, -0.25) is 14.9 Å². The number of nitrogens with one attached hydrogen (secondary N) is 2. The van der Waals surface area contributed by atoms with Crippen LogP contribution in [0.25, 0.3) is 23.1 Å². The maximum absolute atomic E-state index is 13.1. The van der Waals surface area contributed by atoms with E-state index in [4.69, 9.17) is 0 Å². The van der Waals surface area contributed by atoms with Crippen LogP contribution in [0.2, 0.25) is 0 Å². The van der Waals surface area contributed by atoms with Crippen LogP contribution in [-0.4, -0.2) is 26.2 Å². The standard InChI is InChI=1S/C29H24N4O2S/c1-18-15-19(2)28(34)26(16-18)31-29(35)23-8-3-4-9-27(23)36-21-11-12-22-24(32-33-25(22)17-21)13-10-20-7-5-6-14-30-20/h3-17,34H,1-2H3,(H,31,35)(H,32,33)/b13-10+. The van der Waals surface area contributed by atoms with Crippen molar-refractivity contribution in [1.82, 2.24) is 15.2 Å². The number of H-pyrrole nitrogens is 1. The molecule has 0 radical (unpaired) electrons. The lowest BCUT2D eigenvalue weighted by molar-refractivity contribution is 0.102. The molecule has 0 saturated heterocycles. The molecule has 0 aliphatic carbocycles. The van der Waals surface area contributed by atoms with Crippen molar-refractivity contribution in [2.24, 2.45) is 0 Å². The highest BCUT2D eigenvalue weighted by Gasteiger charge is 2.16. The third-order valence-electron chi connectivity index (χ3n) is 5.72. The summed E-state index contributed by atoms with van der Waals surface area (Å²) in [5, 5.41) is 21.8. The summed E-state index contributed by atoms with van der Waals surface area (Å²) in [6.07, 6.45) is 5.63. The third-order valence-corrected chi connectivity index (χ3v) is 6.78. The van der Waals surface area contributed by atoms with Crippen molar-refractivity contribution in [2.45, 2.75) is 23.6 Å². The van der Waals surface area contributed by atoms with Crippen LogP contribution in [0, 0.1) is 13.8 Å². The number of benzene rings is 3. The number of carbonyl (C=O) groups is 1. The first-order chi connectivity index (χ1) is 17.5. The Morgan fingerprint density at radius 2 is 1.83 bits per heavy atom. The van der Waals surface area contributed by atoms with Gasteiger partial charge in [-0.1, -0.05) is 36.0 Å². The number of amides is 1. The number of nitrogens with zero attached hydrogens (tertiary/aromatic N) is 2. The van der Waals surface area contributed by atoms with E-state index in [1.54, 1.807) is 18.3 Å².